The first-order valence-corrected chi connectivity index (χ1v) is 8.16. The van der Waals surface area contributed by atoms with Gasteiger partial charge >= 0.3 is 11.9 Å². The Morgan fingerprint density at radius 2 is 1.57 bits per heavy atom. The third-order valence-electron chi connectivity index (χ3n) is 4.44. The second kappa shape index (κ2) is 6.24. The number of rotatable bonds is 3. The molecule has 28 heavy (non-hydrogen) atoms. The lowest BCUT2D eigenvalue weighted by molar-refractivity contribution is 0.0696. The number of phenolic OH excluding ortho intramolecular Hbond substituents is 1. The summed E-state index contributed by atoms with van der Waals surface area (Å²) < 4.78 is 5.73. The lowest BCUT2D eigenvalue weighted by Gasteiger charge is -2.17. The van der Waals surface area contributed by atoms with Gasteiger partial charge in [0, 0.05) is 28.6 Å². The molecule has 4 rings (SSSR count). The molecular weight excluding hydrogens is 364 g/mol. The van der Waals surface area contributed by atoms with Crippen molar-refractivity contribution < 1.29 is 29.3 Å². The molecule has 0 radical (unpaired) electrons. The summed E-state index contributed by atoms with van der Waals surface area (Å²) in [7, 11) is 0. The van der Waals surface area contributed by atoms with E-state index >= 15 is 0 Å². The Bertz CT molecular complexity index is 1300. The fourth-order valence-corrected chi connectivity index (χ4v) is 3.22. The van der Waals surface area contributed by atoms with Gasteiger partial charge in [0.15, 0.2) is 5.43 Å². The van der Waals surface area contributed by atoms with Gasteiger partial charge < -0.3 is 19.7 Å². The number of aromatic hydroxyl groups is 1. The first kappa shape index (κ1) is 17.3. The molecule has 0 unspecified atom stereocenters. The molecule has 0 saturated carbocycles. The van der Waals surface area contributed by atoms with Gasteiger partial charge in [-0.3, -0.25) is 4.79 Å². The van der Waals surface area contributed by atoms with Crippen molar-refractivity contribution in [2.24, 2.45) is 0 Å². The molecule has 0 atom stereocenters. The van der Waals surface area contributed by atoms with Crippen LogP contribution in [0.25, 0.3) is 33.4 Å². The minimum atomic E-state index is -1.29. The molecule has 2 aromatic carbocycles. The van der Waals surface area contributed by atoms with Gasteiger partial charge in [0.2, 0.25) is 0 Å². The summed E-state index contributed by atoms with van der Waals surface area (Å²) in [5.41, 5.74) is 0.831. The van der Waals surface area contributed by atoms with Gasteiger partial charge in [0.1, 0.15) is 17.1 Å². The fraction of sp³-hybridized carbons (Fsp3) is 0. The maximum absolute atomic E-state index is 11.8. The average molecular weight is 376 g/mol. The highest BCUT2D eigenvalue weighted by molar-refractivity contribution is 6.08. The van der Waals surface area contributed by atoms with Crippen molar-refractivity contribution in [3.63, 3.8) is 0 Å². The first-order chi connectivity index (χ1) is 13.3. The molecule has 0 aromatic heterocycles. The Kier molecular flexibility index (Phi) is 3.85. The van der Waals surface area contributed by atoms with Gasteiger partial charge in [-0.05, 0) is 42.0 Å². The Labute approximate surface area is 157 Å². The molecule has 0 spiro atoms. The molecular formula is C21H12O7. The Morgan fingerprint density at radius 1 is 0.821 bits per heavy atom. The lowest BCUT2D eigenvalue weighted by Crippen LogP contribution is -2.06. The van der Waals surface area contributed by atoms with E-state index in [1.807, 2.05) is 0 Å². The zero-order valence-corrected chi connectivity index (χ0v) is 14.2. The van der Waals surface area contributed by atoms with Crippen molar-refractivity contribution in [3.8, 4) is 28.2 Å². The zero-order chi connectivity index (χ0) is 20.0. The number of hydrogen-bond acceptors (Lipinski definition) is 5. The molecule has 0 amide bonds. The molecule has 0 fully saturated rings. The topological polar surface area (TPSA) is 125 Å². The van der Waals surface area contributed by atoms with Crippen LogP contribution in [0.3, 0.4) is 0 Å². The van der Waals surface area contributed by atoms with Crippen LogP contribution in [-0.4, -0.2) is 27.3 Å². The van der Waals surface area contributed by atoms with E-state index in [1.165, 1.54) is 42.5 Å². The van der Waals surface area contributed by atoms with Gasteiger partial charge in [-0.1, -0.05) is 6.07 Å². The minimum absolute atomic E-state index is 0.0560. The van der Waals surface area contributed by atoms with E-state index in [4.69, 9.17) is 4.42 Å². The Balaban J connectivity index is 2.17. The van der Waals surface area contributed by atoms with Crippen molar-refractivity contribution in [3.05, 3.63) is 75.9 Å². The van der Waals surface area contributed by atoms with Crippen LogP contribution in [0.4, 0.5) is 0 Å². The standard InChI is InChI=1S/C21H12O7/c22-11-2-5-14-17(8-11)28-18-9-12(23)3-6-15(18)19(14)13-4-1-10(20(24)25)7-16(13)21(26)27/h1-9,22H,(H,24,25)(H,26,27). The average Bonchev–Trinajstić information content (AvgIpc) is 2.65. The van der Waals surface area contributed by atoms with Crippen LogP contribution >= 0.6 is 0 Å². The SMILES string of the molecule is O=C(O)c1ccc(-c2c3ccc(=O)cc-3oc3cc(O)ccc23)c(C(=O)O)c1. The van der Waals surface area contributed by atoms with Crippen LogP contribution in [0.2, 0.25) is 0 Å². The first-order valence-electron chi connectivity index (χ1n) is 8.16. The monoisotopic (exact) mass is 376 g/mol. The Hall–Kier alpha value is -4.13. The molecule has 1 aliphatic carbocycles. The summed E-state index contributed by atoms with van der Waals surface area (Å²) in [5, 5.41) is 29.1. The van der Waals surface area contributed by atoms with Crippen LogP contribution in [0.15, 0.2) is 63.8 Å². The van der Waals surface area contributed by atoms with Crippen molar-refractivity contribution in [2.75, 3.05) is 0 Å². The maximum atomic E-state index is 11.8. The molecule has 0 saturated heterocycles. The summed E-state index contributed by atoms with van der Waals surface area (Å²) >= 11 is 0. The Morgan fingerprint density at radius 3 is 2.29 bits per heavy atom. The molecule has 7 nitrogen and oxygen atoms in total. The molecule has 2 aromatic rings. The number of fused-ring (bicyclic) bond motifs is 2. The highest BCUT2D eigenvalue weighted by atomic mass is 16.4. The summed E-state index contributed by atoms with van der Waals surface area (Å²) in [6.07, 6.45) is 0. The van der Waals surface area contributed by atoms with Crippen LogP contribution in [0.5, 0.6) is 5.75 Å². The van der Waals surface area contributed by atoms with Crippen LogP contribution in [0.1, 0.15) is 20.7 Å². The van der Waals surface area contributed by atoms with Crippen molar-refractivity contribution >= 4 is 22.9 Å². The number of aromatic carboxylic acids is 2. The van der Waals surface area contributed by atoms with Gasteiger partial charge in [-0.2, -0.15) is 0 Å². The van der Waals surface area contributed by atoms with E-state index < -0.39 is 11.9 Å². The van der Waals surface area contributed by atoms with Crippen LogP contribution < -0.4 is 5.43 Å². The molecule has 0 bridgehead atoms. The predicted molar refractivity (Wildman–Crippen MR) is 100 cm³/mol. The molecule has 138 valence electrons. The fourth-order valence-electron chi connectivity index (χ4n) is 3.22. The minimum Gasteiger partial charge on any atom is -0.508 e. The summed E-state index contributed by atoms with van der Waals surface area (Å²) in [5.74, 6) is -2.37. The number of hydrogen-bond donors (Lipinski definition) is 3. The van der Waals surface area contributed by atoms with E-state index in [0.717, 1.165) is 6.07 Å². The highest BCUT2D eigenvalue weighted by Gasteiger charge is 2.22. The molecule has 1 heterocycles. The molecule has 3 N–H and O–H groups in total. The van der Waals surface area contributed by atoms with E-state index in [2.05, 4.69) is 0 Å². The number of phenols is 1. The maximum Gasteiger partial charge on any atom is 0.336 e. The number of carboxylic acid groups (broad SMARTS) is 2. The van der Waals surface area contributed by atoms with Gasteiger partial charge in [-0.25, -0.2) is 9.59 Å². The second-order valence-electron chi connectivity index (χ2n) is 6.19. The quantitative estimate of drug-likeness (QED) is 0.466. The summed E-state index contributed by atoms with van der Waals surface area (Å²) in [4.78, 5) is 34.9. The smallest absolute Gasteiger partial charge is 0.336 e. The third-order valence-corrected chi connectivity index (χ3v) is 4.44. The molecule has 2 aliphatic rings. The van der Waals surface area contributed by atoms with Crippen molar-refractivity contribution in [2.45, 2.75) is 0 Å². The van der Waals surface area contributed by atoms with E-state index in [1.54, 1.807) is 6.07 Å². The normalized spacial score (nSPS) is 11.0. The lowest BCUT2D eigenvalue weighted by atomic mass is 9.90. The van der Waals surface area contributed by atoms with E-state index in [-0.39, 0.29) is 39.2 Å². The van der Waals surface area contributed by atoms with Crippen molar-refractivity contribution in [1.82, 2.24) is 0 Å². The van der Waals surface area contributed by atoms with Gasteiger partial charge in [0.25, 0.3) is 0 Å². The van der Waals surface area contributed by atoms with Crippen LogP contribution in [-0.2, 0) is 0 Å². The number of benzene rings is 3. The molecule has 7 heteroatoms. The van der Waals surface area contributed by atoms with E-state index in [0.29, 0.717) is 16.5 Å². The van der Waals surface area contributed by atoms with E-state index in [9.17, 15) is 29.7 Å². The van der Waals surface area contributed by atoms with Gasteiger partial charge in [0.05, 0.1) is 11.1 Å². The van der Waals surface area contributed by atoms with Crippen molar-refractivity contribution in [1.29, 1.82) is 0 Å². The van der Waals surface area contributed by atoms with Gasteiger partial charge in [-0.15, -0.1) is 0 Å². The molecule has 1 aliphatic heterocycles. The second-order valence-corrected chi connectivity index (χ2v) is 6.19. The largest absolute Gasteiger partial charge is 0.508 e. The van der Waals surface area contributed by atoms with Crippen LogP contribution in [0, 0.1) is 0 Å². The third kappa shape index (κ3) is 2.75. The summed E-state index contributed by atoms with van der Waals surface area (Å²) in [6.45, 7) is 0. The summed E-state index contributed by atoms with van der Waals surface area (Å²) in [6, 6.07) is 12.3. The number of carboxylic acids is 2. The highest BCUT2D eigenvalue weighted by Crippen LogP contribution is 2.42. The predicted octanol–water partition coefficient (Wildman–Crippen LogP) is 3.67. The zero-order valence-electron chi connectivity index (χ0n) is 14.2. The number of carbonyl (C=O) groups is 2.